The summed E-state index contributed by atoms with van der Waals surface area (Å²) in [5.74, 6) is 1.19. The number of hydrogen-bond acceptors (Lipinski definition) is 4. The van der Waals surface area contributed by atoms with E-state index in [-0.39, 0.29) is 11.7 Å². The Balaban J connectivity index is 1.91. The van der Waals surface area contributed by atoms with Gasteiger partial charge in [-0.25, -0.2) is 0 Å². The number of para-hydroxylation sites is 1. The highest BCUT2D eigenvalue weighted by atomic mass is 35.5. The van der Waals surface area contributed by atoms with Crippen LogP contribution in [0.15, 0.2) is 41.2 Å². The molecule has 0 saturated heterocycles. The van der Waals surface area contributed by atoms with E-state index in [4.69, 9.17) is 32.7 Å². The molecule has 0 radical (unpaired) electrons. The summed E-state index contributed by atoms with van der Waals surface area (Å²) in [7, 11) is 3.34. The summed E-state index contributed by atoms with van der Waals surface area (Å²) in [6.07, 6.45) is 4.42. The molecule has 29 heavy (non-hydrogen) atoms. The quantitative estimate of drug-likeness (QED) is 0.543. The predicted molar refractivity (Wildman–Crippen MR) is 118 cm³/mol. The highest BCUT2D eigenvalue weighted by Gasteiger charge is 2.23. The average Bonchev–Trinajstić information content (AvgIpc) is 3.21. The first-order chi connectivity index (χ1) is 14.0. The molecule has 2 aromatic carbocycles. The normalized spacial score (nSPS) is 14.3. The predicted octanol–water partition coefficient (Wildman–Crippen LogP) is 5.92. The Hall–Kier alpha value is -2.37. The van der Waals surface area contributed by atoms with Gasteiger partial charge in [-0.1, -0.05) is 29.3 Å². The second-order valence-electron chi connectivity index (χ2n) is 7.19. The van der Waals surface area contributed by atoms with Crippen molar-refractivity contribution < 1.29 is 9.47 Å². The van der Waals surface area contributed by atoms with E-state index in [2.05, 4.69) is 5.32 Å². The summed E-state index contributed by atoms with van der Waals surface area (Å²) < 4.78 is 13.5. The van der Waals surface area contributed by atoms with E-state index in [0.717, 1.165) is 31.1 Å². The smallest absolute Gasteiger partial charge is 0.252 e. The van der Waals surface area contributed by atoms with E-state index in [9.17, 15) is 4.79 Å². The molecule has 0 spiro atoms. The lowest BCUT2D eigenvalue weighted by atomic mass is 10.1. The van der Waals surface area contributed by atoms with Crippen LogP contribution in [-0.4, -0.2) is 17.8 Å². The molecule has 152 valence electrons. The minimum Gasteiger partial charge on any atom is -0.493 e. The molecular weight excluding hydrogens is 411 g/mol. The minimum atomic E-state index is -0.173. The van der Waals surface area contributed by atoms with Gasteiger partial charge in [0.1, 0.15) is 0 Å². The molecule has 0 bridgehead atoms. The van der Waals surface area contributed by atoms with Gasteiger partial charge in [-0.3, -0.25) is 4.79 Å². The van der Waals surface area contributed by atoms with Crippen molar-refractivity contribution >= 4 is 45.5 Å². The molecular formula is C22H22Cl2N2O3. The van der Waals surface area contributed by atoms with Gasteiger partial charge >= 0.3 is 0 Å². The van der Waals surface area contributed by atoms with Crippen LogP contribution in [0.1, 0.15) is 25.7 Å². The van der Waals surface area contributed by atoms with Crippen molar-refractivity contribution in [2.45, 2.75) is 31.8 Å². The number of hydrogen-bond donors (Lipinski definition) is 1. The van der Waals surface area contributed by atoms with Gasteiger partial charge in [0, 0.05) is 18.5 Å². The van der Waals surface area contributed by atoms with Crippen LogP contribution < -0.4 is 20.3 Å². The number of fused-ring (bicyclic) bond motifs is 1. The van der Waals surface area contributed by atoms with Crippen LogP contribution in [-0.2, 0) is 7.05 Å². The van der Waals surface area contributed by atoms with Crippen molar-refractivity contribution in [2.75, 3.05) is 12.4 Å². The van der Waals surface area contributed by atoms with E-state index in [1.165, 1.54) is 6.07 Å². The second kappa shape index (κ2) is 8.17. The Morgan fingerprint density at radius 2 is 1.79 bits per heavy atom. The third-order valence-corrected chi connectivity index (χ3v) is 5.98. The third kappa shape index (κ3) is 3.77. The van der Waals surface area contributed by atoms with E-state index in [1.807, 2.05) is 12.1 Å². The molecule has 1 heterocycles. The Bertz CT molecular complexity index is 1100. The zero-order valence-electron chi connectivity index (χ0n) is 16.3. The monoisotopic (exact) mass is 432 g/mol. The molecule has 1 aromatic heterocycles. The molecule has 1 N–H and O–H groups in total. The van der Waals surface area contributed by atoms with Crippen LogP contribution >= 0.6 is 23.2 Å². The maximum atomic E-state index is 12.8. The van der Waals surface area contributed by atoms with Crippen LogP contribution in [0.5, 0.6) is 11.5 Å². The maximum Gasteiger partial charge on any atom is 0.252 e. The van der Waals surface area contributed by atoms with Crippen molar-refractivity contribution in [3.05, 3.63) is 56.8 Å². The maximum absolute atomic E-state index is 12.8. The Kier molecular flexibility index (Phi) is 5.61. The summed E-state index contributed by atoms with van der Waals surface area (Å²) in [4.78, 5) is 12.8. The van der Waals surface area contributed by atoms with Crippen molar-refractivity contribution in [3.63, 3.8) is 0 Å². The topological polar surface area (TPSA) is 52.5 Å². The molecule has 7 heteroatoms. The molecule has 1 aliphatic rings. The summed E-state index contributed by atoms with van der Waals surface area (Å²) >= 11 is 12.6. The number of aryl methyl sites for hydroxylation is 1. The number of halogens is 2. The fourth-order valence-electron chi connectivity index (χ4n) is 3.81. The first-order valence-corrected chi connectivity index (χ1v) is 10.3. The number of aromatic nitrogens is 1. The van der Waals surface area contributed by atoms with Gasteiger partial charge in [0.25, 0.3) is 5.56 Å². The van der Waals surface area contributed by atoms with Gasteiger partial charge in [-0.2, -0.15) is 0 Å². The number of rotatable bonds is 5. The lowest BCUT2D eigenvalue weighted by Crippen LogP contribution is -2.19. The number of nitrogens with one attached hydrogen (secondary N) is 1. The molecule has 0 aliphatic heterocycles. The van der Waals surface area contributed by atoms with Gasteiger partial charge in [-0.15, -0.1) is 0 Å². The molecule has 0 amide bonds. The Labute approximate surface area is 179 Å². The first kappa shape index (κ1) is 19.9. The van der Waals surface area contributed by atoms with E-state index in [0.29, 0.717) is 38.4 Å². The SMILES string of the molecule is COc1ccc2c(Nc3c(Cl)cccc3Cl)cc(=O)n(C)c2c1OC1CCCC1. The molecule has 5 nitrogen and oxygen atoms in total. The van der Waals surface area contributed by atoms with Crippen molar-refractivity contribution in [1.82, 2.24) is 4.57 Å². The molecule has 3 aromatic rings. The van der Waals surface area contributed by atoms with Gasteiger partial charge in [0.15, 0.2) is 11.5 Å². The zero-order valence-corrected chi connectivity index (χ0v) is 17.8. The molecule has 1 aliphatic carbocycles. The molecule has 1 saturated carbocycles. The van der Waals surface area contributed by atoms with Gasteiger partial charge in [0.05, 0.1) is 40.2 Å². The van der Waals surface area contributed by atoms with Crippen molar-refractivity contribution in [3.8, 4) is 11.5 Å². The first-order valence-electron chi connectivity index (χ1n) is 9.58. The third-order valence-electron chi connectivity index (χ3n) is 5.35. The summed E-state index contributed by atoms with van der Waals surface area (Å²) in [6.45, 7) is 0. The van der Waals surface area contributed by atoms with Gasteiger partial charge in [0.2, 0.25) is 0 Å². The number of anilines is 2. The van der Waals surface area contributed by atoms with Gasteiger partial charge in [-0.05, 0) is 49.9 Å². The van der Waals surface area contributed by atoms with Crippen LogP contribution in [0.3, 0.4) is 0 Å². The zero-order chi connectivity index (χ0) is 20.5. The largest absolute Gasteiger partial charge is 0.493 e. The highest BCUT2D eigenvalue weighted by molar-refractivity contribution is 6.39. The summed E-state index contributed by atoms with van der Waals surface area (Å²) in [6, 6.07) is 10.6. The summed E-state index contributed by atoms with van der Waals surface area (Å²) in [5.41, 5.74) is 1.67. The average molecular weight is 433 g/mol. The van der Waals surface area contributed by atoms with E-state index in [1.54, 1.807) is 36.9 Å². The van der Waals surface area contributed by atoms with Crippen LogP contribution in [0.2, 0.25) is 10.0 Å². The molecule has 4 rings (SSSR count). The number of benzene rings is 2. The van der Waals surface area contributed by atoms with Crippen LogP contribution in [0.25, 0.3) is 10.9 Å². The van der Waals surface area contributed by atoms with Crippen LogP contribution in [0.4, 0.5) is 11.4 Å². The number of ether oxygens (including phenoxy) is 2. The molecule has 1 fully saturated rings. The summed E-state index contributed by atoms with van der Waals surface area (Å²) in [5, 5.41) is 5.00. The number of pyridine rings is 1. The number of nitrogens with zero attached hydrogens (tertiary/aromatic N) is 1. The van der Waals surface area contributed by atoms with E-state index >= 15 is 0 Å². The standard InChI is InChI=1S/C22H22Cl2N2O3/c1-26-19(27)12-17(25-20-15(23)8-5-9-16(20)24)14-10-11-18(28-2)22(21(14)26)29-13-6-3-4-7-13/h5,8-13,25H,3-4,6-7H2,1-2H3. The Morgan fingerprint density at radius 1 is 1.10 bits per heavy atom. The molecule has 0 atom stereocenters. The van der Waals surface area contributed by atoms with E-state index < -0.39 is 0 Å². The Morgan fingerprint density at radius 3 is 2.45 bits per heavy atom. The van der Waals surface area contributed by atoms with Crippen LogP contribution in [0, 0.1) is 0 Å². The van der Waals surface area contributed by atoms with Crippen molar-refractivity contribution in [2.24, 2.45) is 7.05 Å². The lowest BCUT2D eigenvalue weighted by Gasteiger charge is -2.21. The second-order valence-corrected chi connectivity index (χ2v) is 8.01. The lowest BCUT2D eigenvalue weighted by molar-refractivity contribution is 0.203. The fourth-order valence-corrected chi connectivity index (χ4v) is 4.31. The highest BCUT2D eigenvalue weighted by Crippen LogP contribution is 2.41. The molecule has 0 unspecified atom stereocenters. The number of methoxy groups -OCH3 is 1. The van der Waals surface area contributed by atoms with Crippen molar-refractivity contribution in [1.29, 1.82) is 0 Å². The fraction of sp³-hybridized carbons (Fsp3) is 0.318. The minimum absolute atomic E-state index is 0.124. The van der Waals surface area contributed by atoms with Gasteiger partial charge < -0.3 is 19.4 Å².